The number of nitrogens with zero attached hydrogens (tertiary/aromatic N) is 3. The smallest absolute Gasteiger partial charge is 0.323 e. The first-order valence-corrected chi connectivity index (χ1v) is 7.55. The van der Waals surface area contributed by atoms with Gasteiger partial charge in [0.25, 0.3) is 0 Å². The number of nitrogen functional groups attached to an aromatic ring is 1. The van der Waals surface area contributed by atoms with Gasteiger partial charge in [0.15, 0.2) is 0 Å². The molecule has 1 aliphatic carbocycles. The van der Waals surface area contributed by atoms with Crippen molar-refractivity contribution in [3.05, 3.63) is 0 Å². The lowest BCUT2D eigenvalue weighted by molar-refractivity contribution is 0.289. The summed E-state index contributed by atoms with van der Waals surface area (Å²) in [5.41, 5.74) is 5.68. The highest BCUT2D eigenvalue weighted by atomic mass is 16.5. The number of hydrogen-bond acceptors (Lipinski definition) is 6. The Bertz CT molecular complexity index is 426. The second-order valence-electron chi connectivity index (χ2n) is 5.67. The van der Waals surface area contributed by atoms with Crippen molar-refractivity contribution in [3.63, 3.8) is 0 Å². The number of ether oxygens (including phenoxy) is 1. The Balaban J connectivity index is 1.89. The van der Waals surface area contributed by atoms with Gasteiger partial charge in [-0.05, 0) is 31.1 Å². The first kappa shape index (κ1) is 14.8. The Morgan fingerprint density at radius 2 is 2.15 bits per heavy atom. The fourth-order valence-corrected chi connectivity index (χ4v) is 2.69. The van der Waals surface area contributed by atoms with E-state index < -0.39 is 0 Å². The van der Waals surface area contributed by atoms with Crippen LogP contribution in [-0.2, 0) is 0 Å². The number of hydrogen-bond donors (Lipinski definition) is 2. The van der Waals surface area contributed by atoms with Crippen molar-refractivity contribution in [3.8, 4) is 6.01 Å². The van der Waals surface area contributed by atoms with Gasteiger partial charge in [-0.2, -0.15) is 15.0 Å². The van der Waals surface area contributed by atoms with Crippen LogP contribution in [0.25, 0.3) is 0 Å². The van der Waals surface area contributed by atoms with Gasteiger partial charge in [-0.1, -0.05) is 26.7 Å². The largest absolute Gasteiger partial charge is 0.463 e. The molecule has 2 unspecified atom stereocenters. The average Bonchev–Trinajstić information content (AvgIpc) is 2.42. The van der Waals surface area contributed by atoms with E-state index in [0.717, 1.165) is 18.9 Å². The zero-order valence-corrected chi connectivity index (χ0v) is 12.4. The maximum atomic E-state index is 5.68. The monoisotopic (exact) mass is 279 g/mol. The minimum atomic E-state index is 0.200. The van der Waals surface area contributed by atoms with Crippen LogP contribution in [0, 0.1) is 11.8 Å². The molecule has 0 saturated heterocycles. The molecule has 0 aromatic carbocycles. The molecule has 0 radical (unpaired) electrons. The Morgan fingerprint density at radius 3 is 2.90 bits per heavy atom. The molecule has 2 atom stereocenters. The molecule has 0 spiro atoms. The molecule has 3 N–H and O–H groups in total. The highest BCUT2D eigenvalue weighted by Crippen LogP contribution is 2.28. The minimum Gasteiger partial charge on any atom is -0.463 e. The summed E-state index contributed by atoms with van der Waals surface area (Å²) in [4.78, 5) is 12.3. The maximum Gasteiger partial charge on any atom is 0.323 e. The topological polar surface area (TPSA) is 86.0 Å². The predicted octanol–water partition coefficient (Wildman–Crippen LogP) is 2.48. The standard InChI is InChI=1S/C14H25N5O/c1-3-7-20-14-18-12(15)17-13(19-14)16-9-11-6-4-5-10(2)8-11/h10-11H,3-9H2,1-2H3,(H3,15,16,17,18,19). The molecule has 1 aromatic heterocycles. The predicted molar refractivity (Wildman–Crippen MR) is 79.6 cm³/mol. The number of nitrogens with one attached hydrogen (secondary N) is 1. The fourth-order valence-electron chi connectivity index (χ4n) is 2.69. The van der Waals surface area contributed by atoms with Gasteiger partial charge < -0.3 is 15.8 Å². The van der Waals surface area contributed by atoms with Crippen LogP contribution in [0.15, 0.2) is 0 Å². The number of aromatic nitrogens is 3. The molecule has 6 nitrogen and oxygen atoms in total. The molecule has 1 saturated carbocycles. The van der Waals surface area contributed by atoms with E-state index in [4.69, 9.17) is 10.5 Å². The Kier molecular flexibility index (Phi) is 5.38. The van der Waals surface area contributed by atoms with Crippen LogP contribution in [0.4, 0.5) is 11.9 Å². The highest BCUT2D eigenvalue weighted by Gasteiger charge is 2.19. The lowest BCUT2D eigenvalue weighted by Gasteiger charge is -2.26. The quantitative estimate of drug-likeness (QED) is 0.832. The van der Waals surface area contributed by atoms with Gasteiger partial charge in [0, 0.05) is 6.54 Å². The van der Waals surface area contributed by atoms with Gasteiger partial charge in [-0.3, -0.25) is 0 Å². The summed E-state index contributed by atoms with van der Waals surface area (Å²) in [5, 5.41) is 3.27. The molecule has 112 valence electrons. The van der Waals surface area contributed by atoms with E-state index in [9.17, 15) is 0 Å². The molecular weight excluding hydrogens is 254 g/mol. The van der Waals surface area contributed by atoms with Crippen molar-refractivity contribution in [1.82, 2.24) is 15.0 Å². The van der Waals surface area contributed by atoms with Crippen LogP contribution < -0.4 is 15.8 Å². The van der Waals surface area contributed by atoms with Crippen LogP contribution in [0.5, 0.6) is 6.01 Å². The second kappa shape index (κ2) is 7.26. The van der Waals surface area contributed by atoms with Crippen molar-refractivity contribution in [2.24, 2.45) is 11.8 Å². The third-order valence-electron chi connectivity index (χ3n) is 3.66. The number of rotatable bonds is 6. The van der Waals surface area contributed by atoms with Crippen molar-refractivity contribution in [2.75, 3.05) is 24.2 Å². The van der Waals surface area contributed by atoms with Gasteiger partial charge in [-0.25, -0.2) is 0 Å². The van der Waals surface area contributed by atoms with E-state index in [1.807, 2.05) is 6.92 Å². The third kappa shape index (κ3) is 4.51. The lowest BCUT2D eigenvalue weighted by atomic mass is 9.82. The summed E-state index contributed by atoms with van der Waals surface area (Å²) >= 11 is 0. The molecule has 1 aromatic rings. The summed E-state index contributed by atoms with van der Waals surface area (Å²) in [6.45, 7) is 5.84. The summed E-state index contributed by atoms with van der Waals surface area (Å²) in [5.74, 6) is 2.23. The van der Waals surface area contributed by atoms with Gasteiger partial charge in [0.1, 0.15) is 0 Å². The SMILES string of the molecule is CCCOc1nc(N)nc(NCC2CCCC(C)C2)n1. The van der Waals surface area contributed by atoms with Gasteiger partial charge in [-0.15, -0.1) is 0 Å². The molecule has 1 aliphatic rings. The van der Waals surface area contributed by atoms with E-state index in [0.29, 0.717) is 24.5 Å². The highest BCUT2D eigenvalue weighted by molar-refractivity contribution is 5.32. The first-order valence-electron chi connectivity index (χ1n) is 7.55. The van der Waals surface area contributed by atoms with E-state index in [1.54, 1.807) is 0 Å². The lowest BCUT2D eigenvalue weighted by Crippen LogP contribution is -2.22. The van der Waals surface area contributed by atoms with Gasteiger partial charge >= 0.3 is 6.01 Å². The van der Waals surface area contributed by atoms with Crippen LogP contribution in [0.3, 0.4) is 0 Å². The molecule has 6 heteroatoms. The Morgan fingerprint density at radius 1 is 1.30 bits per heavy atom. The summed E-state index contributed by atoms with van der Waals surface area (Å²) in [6, 6.07) is 0.305. The van der Waals surface area contributed by atoms with E-state index in [-0.39, 0.29) is 5.95 Å². The molecule has 0 amide bonds. The van der Waals surface area contributed by atoms with Crippen LogP contribution in [0.2, 0.25) is 0 Å². The molecule has 1 heterocycles. The van der Waals surface area contributed by atoms with Crippen molar-refractivity contribution in [1.29, 1.82) is 0 Å². The average molecular weight is 279 g/mol. The molecule has 2 rings (SSSR count). The summed E-state index contributed by atoms with van der Waals surface area (Å²) in [6.07, 6.45) is 6.13. The van der Waals surface area contributed by atoms with Crippen LogP contribution in [0.1, 0.15) is 46.0 Å². The maximum absolute atomic E-state index is 5.68. The van der Waals surface area contributed by atoms with Crippen LogP contribution >= 0.6 is 0 Å². The zero-order valence-electron chi connectivity index (χ0n) is 12.4. The summed E-state index contributed by atoms with van der Waals surface area (Å²) < 4.78 is 5.40. The van der Waals surface area contributed by atoms with E-state index in [2.05, 4.69) is 27.2 Å². The van der Waals surface area contributed by atoms with E-state index >= 15 is 0 Å². The Labute approximate surface area is 120 Å². The molecule has 0 aliphatic heterocycles. The van der Waals surface area contributed by atoms with E-state index in [1.165, 1.54) is 25.7 Å². The number of nitrogens with two attached hydrogens (primary N) is 1. The zero-order chi connectivity index (χ0) is 14.4. The fraction of sp³-hybridized carbons (Fsp3) is 0.786. The van der Waals surface area contributed by atoms with Gasteiger partial charge in [0.2, 0.25) is 11.9 Å². The second-order valence-corrected chi connectivity index (χ2v) is 5.67. The molecule has 0 bridgehead atoms. The normalized spacial score (nSPS) is 22.5. The van der Waals surface area contributed by atoms with Crippen molar-refractivity contribution in [2.45, 2.75) is 46.0 Å². The molecule has 20 heavy (non-hydrogen) atoms. The van der Waals surface area contributed by atoms with Gasteiger partial charge in [0.05, 0.1) is 6.61 Å². The molecular formula is C14H25N5O. The first-order chi connectivity index (χ1) is 9.67. The molecule has 1 fully saturated rings. The van der Waals surface area contributed by atoms with Crippen molar-refractivity contribution < 1.29 is 4.74 Å². The Hall–Kier alpha value is -1.59. The van der Waals surface area contributed by atoms with Crippen LogP contribution in [-0.4, -0.2) is 28.1 Å². The third-order valence-corrected chi connectivity index (χ3v) is 3.66. The van der Waals surface area contributed by atoms with Crippen molar-refractivity contribution >= 4 is 11.9 Å². The number of anilines is 2. The summed E-state index contributed by atoms with van der Waals surface area (Å²) in [7, 11) is 0. The minimum absolute atomic E-state index is 0.200.